The fourth-order valence-electron chi connectivity index (χ4n) is 3.73. The average molecular weight is 386 g/mol. The molecule has 3 aliphatic heterocycles. The minimum Gasteiger partial charge on any atom is -0.368 e. The van der Waals surface area contributed by atoms with Crippen molar-refractivity contribution in [3.05, 3.63) is 83.9 Å². The van der Waals surface area contributed by atoms with Gasteiger partial charge in [0, 0.05) is 49.7 Å². The van der Waals surface area contributed by atoms with Gasteiger partial charge in [0.15, 0.2) is 0 Å². The maximum atomic E-state index is 13.1. The molecule has 1 amide bonds. The van der Waals surface area contributed by atoms with Gasteiger partial charge in [0.05, 0.1) is 35.0 Å². The molecule has 0 atom stereocenters. The largest absolute Gasteiger partial charge is 0.368 e. The third-order valence-corrected chi connectivity index (χ3v) is 5.28. The zero-order chi connectivity index (χ0) is 19.8. The third kappa shape index (κ3) is 3.40. The molecule has 29 heavy (non-hydrogen) atoms. The molecule has 5 rings (SSSR count). The van der Waals surface area contributed by atoms with Crippen molar-refractivity contribution in [2.75, 3.05) is 26.2 Å². The summed E-state index contributed by atoms with van der Waals surface area (Å²) in [6, 6.07) is 1.94. The minimum absolute atomic E-state index is 0.0843. The summed E-state index contributed by atoms with van der Waals surface area (Å²) in [5.41, 5.74) is 5.23. The summed E-state index contributed by atoms with van der Waals surface area (Å²) in [6.45, 7) is 5.71. The van der Waals surface area contributed by atoms with Crippen LogP contribution in [0.2, 0.25) is 0 Å². The first-order valence-electron chi connectivity index (χ1n) is 9.79. The second kappa shape index (κ2) is 7.18. The Hall–Kier alpha value is -3.45. The molecule has 2 aromatic rings. The van der Waals surface area contributed by atoms with Crippen LogP contribution in [0, 0.1) is 6.92 Å². The topological polar surface area (TPSA) is 65.8 Å². The highest BCUT2D eigenvalue weighted by atomic mass is 16.2. The van der Waals surface area contributed by atoms with Gasteiger partial charge < -0.3 is 10.2 Å². The molecule has 0 spiro atoms. The van der Waals surface area contributed by atoms with Gasteiger partial charge in [-0.1, -0.05) is 12.2 Å². The van der Waals surface area contributed by atoms with E-state index in [1.807, 2.05) is 49.7 Å². The molecule has 7 heteroatoms. The maximum absolute atomic E-state index is 13.1. The fraction of sp³-hybridized carbons (Fsp3) is 0.227. The molecule has 1 fully saturated rings. The number of nitrogens with zero attached hydrogens (tertiary/aromatic N) is 5. The smallest absolute Gasteiger partial charge is 0.255 e. The van der Waals surface area contributed by atoms with Gasteiger partial charge in [-0.05, 0) is 31.2 Å². The first-order valence-corrected chi connectivity index (χ1v) is 9.79. The molecule has 0 unspecified atom stereocenters. The molecule has 1 N–H and O–H groups in total. The molecule has 1 saturated heterocycles. The second-order valence-corrected chi connectivity index (χ2v) is 7.31. The fourth-order valence-corrected chi connectivity index (χ4v) is 3.73. The normalized spacial score (nSPS) is 24.2. The molecule has 146 valence electrons. The molecule has 0 saturated carbocycles. The molecular weight excluding hydrogens is 364 g/mol. The Balaban J connectivity index is 1.49. The van der Waals surface area contributed by atoms with Gasteiger partial charge in [0.2, 0.25) is 0 Å². The Labute approximate surface area is 169 Å². The van der Waals surface area contributed by atoms with E-state index < -0.39 is 0 Å². The molecule has 3 aliphatic rings. The van der Waals surface area contributed by atoms with Gasteiger partial charge in [0.1, 0.15) is 0 Å². The molecule has 0 bridgehead atoms. The number of carbonyl (C=O) groups is 1. The van der Waals surface area contributed by atoms with Crippen LogP contribution in [-0.2, 0) is 4.79 Å². The Morgan fingerprint density at radius 3 is 2.79 bits per heavy atom. The Morgan fingerprint density at radius 2 is 1.93 bits per heavy atom. The van der Waals surface area contributed by atoms with Crippen LogP contribution in [0.1, 0.15) is 11.4 Å². The van der Waals surface area contributed by atoms with E-state index >= 15 is 0 Å². The minimum atomic E-state index is -0.0843. The molecule has 0 radical (unpaired) electrons. The van der Waals surface area contributed by atoms with Crippen LogP contribution < -0.4 is 5.32 Å². The predicted octanol–water partition coefficient (Wildman–Crippen LogP) is 2.02. The van der Waals surface area contributed by atoms with Crippen LogP contribution in [0.15, 0.2) is 72.5 Å². The monoisotopic (exact) mass is 386 g/mol. The predicted molar refractivity (Wildman–Crippen MR) is 111 cm³/mol. The van der Waals surface area contributed by atoms with Gasteiger partial charge in [-0.15, -0.1) is 0 Å². The van der Waals surface area contributed by atoms with E-state index in [9.17, 15) is 4.79 Å². The van der Waals surface area contributed by atoms with Crippen LogP contribution in [0.5, 0.6) is 0 Å². The highest BCUT2D eigenvalue weighted by molar-refractivity contribution is 5.99. The number of hydrogen-bond acceptors (Lipinski definition) is 5. The van der Waals surface area contributed by atoms with E-state index in [0.29, 0.717) is 0 Å². The number of nitrogens with one attached hydrogen (secondary N) is 1. The summed E-state index contributed by atoms with van der Waals surface area (Å²) >= 11 is 0. The zero-order valence-corrected chi connectivity index (χ0v) is 16.2. The summed E-state index contributed by atoms with van der Waals surface area (Å²) in [6.07, 6.45) is 17.2. The van der Waals surface area contributed by atoms with Crippen molar-refractivity contribution in [3.63, 3.8) is 0 Å². The summed E-state index contributed by atoms with van der Waals surface area (Å²) < 4.78 is 1.79. The number of aromatic nitrogens is 3. The van der Waals surface area contributed by atoms with Gasteiger partial charge in [-0.3, -0.25) is 14.7 Å². The molecular formula is C22H22N6O. The summed E-state index contributed by atoms with van der Waals surface area (Å²) in [5, 5.41) is 7.98. The first-order chi connectivity index (χ1) is 14.2. The van der Waals surface area contributed by atoms with E-state index in [1.165, 1.54) is 0 Å². The number of aryl methyl sites for hydroxylation is 1. The Morgan fingerprint density at radius 1 is 1.10 bits per heavy atom. The van der Waals surface area contributed by atoms with E-state index in [4.69, 9.17) is 0 Å². The van der Waals surface area contributed by atoms with Crippen molar-refractivity contribution < 1.29 is 4.79 Å². The highest BCUT2D eigenvalue weighted by Crippen LogP contribution is 2.25. The molecule has 7 nitrogen and oxygen atoms in total. The number of piperazine rings is 1. The van der Waals surface area contributed by atoms with Crippen LogP contribution in [0.25, 0.3) is 11.1 Å². The summed E-state index contributed by atoms with van der Waals surface area (Å²) in [5.74, 6) is -0.0843. The first kappa shape index (κ1) is 17.6. The van der Waals surface area contributed by atoms with Crippen LogP contribution in [0.4, 0.5) is 0 Å². The number of rotatable bonds is 2. The summed E-state index contributed by atoms with van der Waals surface area (Å²) in [7, 11) is 0. The van der Waals surface area contributed by atoms with Gasteiger partial charge in [-0.2, -0.15) is 5.10 Å². The lowest BCUT2D eigenvalue weighted by Gasteiger charge is -2.33. The van der Waals surface area contributed by atoms with Crippen molar-refractivity contribution >= 4 is 17.0 Å². The zero-order valence-electron chi connectivity index (χ0n) is 16.2. The second-order valence-electron chi connectivity index (χ2n) is 7.31. The van der Waals surface area contributed by atoms with Gasteiger partial charge in [0.25, 0.3) is 5.91 Å². The number of fused-ring (bicyclic) bond motifs is 2. The standard InChI is InChI=1S/C22H22N6O/c1-16-14-28-20(13-24-16)12-21(25-28)17-3-2-4-18-5-6-19(15-27(18)22(29)11-17)26-9-7-23-8-10-26/h2-6,11-15,23H,7-10H2,1H3/b3-2+,17-11+,18-4+. The highest BCUT2D eigenvalue weighted by Gasteiger charge is 2.22. The van der Waals surface area contributed by atoms with E-state index in [1.54, 1.807) is 21.7 Å². The Kier molecular flexibility index (Phi) is 4.37. The lowest BCUT2D eigenvalue weighted by Crippen LogP contribution is -2.43. The van der Waals surface area contributed by atoms with Crippen LogP contribution in [0.3, 0.4) is 0 Å². The van der Waals surface area contributed by atoms with Gasteiger partial charge in [-0.25, -0.2) is 4.52 Å². The SMILES string of the molecule is Cc1cn2nc(C3=C\C(=O)N4C=C(N5CCNCC5)C=C\C4=C/C=C/3)cc2cn1. The lowest BCUT2D eigenvalue weighted by molar-refractivity contribution is -0.122. The van der Waals surface area contributed by atoms with Crippen molar-refractivity contribution in [1.29, 1.82) is 0 Å². The number of carbonyl (C=O) groups excluding carboxylic acids is 1. The maximum Gasteiger partial charge on any atom is 0.255 e. The van der Waals surface area contributed by atoms with Crippen LogP contribution in [-0.4, -0.2) is 56.5 Å². The van der Waals surface area contributed by atoms with E-state index in [0.717, 1.165) is 60.1 Å². The quantitative estimate of drug-likeness (QED) is 0.856. The lowest BCUT2D eigenvalue weighted by atomic mass is 10.1. The third-order valence-electron chi connectivity index (χ3n) is 5.28. The van der Waals surface area contributed by atoms with E-state index in [2.05, 4.69) is 26.4 Å². The number of amides is 1. The molecule has 0 aromatic carbocycles. The van der Waals surface area contributed by atoms with E-state index in [-0.39, 0.29) is 5.91 Å². The number of allylic oxidation sites excluding steroid dienone is 6. The van der Waals surface area contributed by atoms with Crippen molar-refractivity contribution in [1.82, 2.24) is 29.7 Å². The van der Waals surface area contributed by atoms with Crippen LogP contribution >= 0.6 is 0 Å². The van der Waals surface area contributed by atoms with Crippen molar-refractivity contribution in [2.24, 2.45) is 0 Å². The van der Waals surface area contributed by atoms with Gasteiger partial charge >= 0.3 is 0 Å². The van der Waals surface area contributed by atoms with Crippen molar-refractivity contribution in [3.8, 4) is 0 Å². The molecule has 0 aliphatic carbocycles. The molecule has 2 aromatic heterocycles. The average Bonchev–Trinajstić information content (AvgIpc) is 3.15. The summed E-state index contributed by atoms with van der Waals surface area (Å²) in [4.78, 5) is 21.4. The van der Waals surface area contributed by atoms with Crippen molar-refractivity contribution in [2.45, 2.75) is 6.92 Å². The molecule has 5 heterocycles. The Bertz CT molecular complexity index is 1130. The number of hydrogen-bond donors (Lipinski definition) is 1.